The average molecular weight is 286 g/mol. The number of benzene rings is 1. The Bertz CT molecular complexity index is 685. The highest BCUT2D eigenvalue weighted by Crippen LogP contribution is 2.18. The number of hydrogen-bond donors (Lipinski definition) is 1. The van der Waals surface area contributed by atoms with E-state index in [1.807, 2.05) is 30.5 Å². The molecule has 0 radical (unpaired) electrons. The van der Waals surface area contributed by atoms with Crippen LogP contribution in [0.2, 0.25) is 0 Å². The SMILES string of the molecule is Cc1ccc(Cn2c(C)cc(=O)c(O)c2CN(C)C)cc1. The van der Waals surface area contributed by atoms with Crippen molar-refractivity contribution < 1.29 is 5.11 Å². The quantitative estimate of drug-likeness (QED) is 0.938. The standard InChI is InChI=1S/C17H22N2O2/c1-12-5-7-14(8-6-12)10-19-13(2)9-16(20)17(21)15(19)11-18(3)4/h5-9,21H,10-11H2,1-4H3. The molecule has 0 bridgehead atoms. The molecule has 0 saturated carbocycles. The van der Waals surface area contributed by atoms with E-state index in [0.29, 0.717) is 18.8 Å². The summed E-state index contributed by atoms with van der Waals surface area (Å²) in [7, 11) is 3.84. The lowest BCUT2D eigenvalue weighted by Crippen LogP contribution is -2.22. The molecule has 0 unspecified atom stereocenters. The highest BCUT2D eigenvalue weighted by Gasteiger charge is 2.14. The number of aryl methyl sites for hydroxylation is 2. The van der Waals surface area contributed by atoms with Crippen LogP contribution in [0.15, 0.2) is 35.1 Å². The van der Waals surface area contributed by atoms with Gasteiger partial charge in [0.2, 0.25) is 5.43 Å². The van der Waals surface area contributed by atoms with Crippen molar-refractivity contribution in [2.45, 2.75) is 26.9 Å². The summed E-state index contributed by atoms with van der Waals surface area (Å²) in [5, 5.41) is 10.1. The van der Waals surface area contributed by atoms with Crippen molar-refractivity contribution in [2.24, 2.45) is 0 Å². The van der Waals surface area contributed by atoms with E-state index in [2.05, 4.69) is 31.2 Å². The van der Waals surface area contributed by atoms with Crippen molar-refractivity contribution >= 4 is 0 Å². The van der Waals surface area contributed by atoms with Crippen LogP contribution in [0.1, 0.15) is 22.5 Å². The summed E-state index contributed by atoms with van der Waals surface area (Å²) in [5.74, 6) is -0.151. The lowest BCUT2D eigenvalue weighted by molar-refractivity contribution is 0.364. The van der Waals surface area contributed by atoms with Crippen molar-refractivity contribution in [3.8, 4) is 5.75 Å². The third-order valence-electron chi connectivity index (χ3n) is 3.53. The number of hydrogen-bond acceptors (Lipinski definition) is 3. The van der Waals surface area contributed by atoms with Crippen molar-refractivity contribution in [3.63, 3.8) is 0 Å². The van der Waals surface area contributed by atoms with Crippen molar-refractivity contribution in [2.75, 3.05) is 14.1 Å². The average Bonchev–Trinajstić information content (AvgIpc) is 2.42. The van der Waals surface area contributed by atoms with E-state index in [1.165, 1.54) is 11.6 Å². The Balaban J connectivity index is 2.48. The van der Waals surface area contributed by atoms with E-state index in [1.54, 1.807) is 0 Å². The molecule has 1 heterocycles. The molecule has 2 aromatic rings. The molecule has 0 amide bonds. The second-order valence-corrected chi connectivity index (χ2v) is 5.75. The molecule has 0 aliphatic carbocycles. The summed E-state index contributed by atoms with van der Waals surface area (Å²) in [6, 6.07) is 9.77. The predicted molar refractivity (Wildman–Crippen MR) is 84.8 cm³/mol. The Hall–Kier alpha value is -2.07. The highest BCUT2D eigenvalue weighted by molar-refractivity contribution is 5.31. The lowest BCUT2D eigenvalue weighted by Gasteiger charge is -2.20. The Morgan fingerprint density at radius 1 is 1.14 bits per heavy atom. The fraction of sp³-hybridized carbons (Fsp3) is 0.353. The van der Waals surface area contributed by atoms with Gasteiger partial charge in [-0.25, -0.2) is 0 Å². The fourth-order valence-electron chi connectivity index (χ4n) is 2.37. The molecule has 0 aliphatic heterocycles. The van der Waals surface area contributed by atoms with E-state index < -0.39 is 0 Å². The summed E-state index contributed by atoms with van der Waals surface area (Å²) in [5.41, 5.74) is 3.56. The maximum Gasteiger partial charge on any atom is 0.223 e. The van der Waals surface area contributed by atoms with Crippen LogP contribution in [0.4, 0.5) is 0 Å². The zero-order chi connectivity index (χ0) is 15.6. The number of aromatic hydroxyl groups is 1. The van der Waals surface area contributed by atoms with Gasteiger partial charge in [0.05, 0.1) is 5.69 Å². The summed E-state index contributed by atoms with van der Waals surface area (Å²) in [6.45, 7) is 5.11. The lowest BCUT2D eigenvalue weighted by atomic mass is 10.1. The summed E-state index contributed by atoms with van der Waals surface area (Å²) >= 11 is 0. The number of aromatic nitrogens is 1. The Kier molecular flexibility index (Phi) is 4.48. The molecule has 2 rings (SSSR count). The Morgan fingerprint density at radius 2 is 1.76 bits per heavy atom. The van der Waals surface area contributed by atoms with Gasteiger partial charge in [0, 0.05) is 24.8 Å². The first-order valence-electron chi connectivity index (χ1n) is 7.01. The van der Waals surface area contributed by atoms with Crippen LogP contribution in [0.25, 0.3) is 0 Å². The minimum Gasteiger partial charge on any atom is -0.503 e. The molecular weight excluding hydrogens is 264 g/mol. The highest BCUT2D eigenvalue weighted by atomic mass is 16.3. The Morgan fingerprint density at radius 3 is 2.33 bits per heavy atom. The van der Waals surface area contributed by atoms with Crippen LogP contribution in [-0.4, -0.2) is 28.7 Å². The maximum atomic E-state index is 11.8. The first-order chi connectivity index (χ1) is 9.88. The molecule has 0 spiro atoms. The van der Waals surface area contributed by atoms with Crippen LogP contribution in [0, 0.1) is 13.8 Å². The summed E-state index contributed by atoms with van der Waals surface area (Å²) in [4.78, 5) is 13.8. The molecule has 1 aromatic carbocycles. The van der Waals surface area contributed by atoms with Gasteiger partial charge in [-0.3, -0.25) is 4.79 Å². The van der Waals surface area contributed by atoms with Crippen LogP contribution in [0.5, 0.6) is 5.75 Å². The van der Waals surface area contributed by atoms with E-state index in [-0.39, 0.29) is 11.2 Å². The van der Waals surface area contributed by atoms with Gasteiger partial charge < -0.3 is 14.6 Å². The molecule has 1 N–H and O–H groups in total. The van der Waals surface area contributed by atoms with Gasteiger partial charge >= 0.3 is 0 Å². The van der Waals surface area contributed by atoms with Crippen LogP contribution < -0.4 is 5.43 Å². The van der Waals surface area contributed by atoms with Gasteiger partial charge in [-0.05, 0) is 33.5 Å². The summed E-state index contributed by atoms with van der Waals surface area (Å²) < 4.78 is 2.00. The summed E-state index contributed by atoms with van der Waals surface area (Å²) in [6.07, 6.45) is 0. The van der Waals surface area contributed by atoms with Gasteiger partial charge in [-0.2, -0.15) is 0 Å². The first-order valence-corrected chi connectivity index (χ1v) is 7.01. The second kappa shape index (κ2) is 6.14. The van der Waals surface area contributed by atoms with Gasteiger partial charge in [-0.1, -0.05) is 29.8 Å². The van der Waals surface area contributed by atoms with E-state index in [4.69, 9.17) is 0 Å². The van der Waals surface area contributed by atoms with Crippen LogP contribution in [-0.2, 0) is 13.1 Å². The monoisotopic (exact) mass is 286 g/mol. The van der Waals surface area contributed by atoms with E-state index in [0.717, 1.165) is 11.3 Å². The normalized spacial score (nSPS) is 11.1. The van der Waals surface area contributed by atoms with E-state index in [9.17, 15) is 9.90 Å². The van der Waals surface area contributed by atoms with Gasteiger partial charge in [-0.15, -0.1) is 0 Å². The molecular formula is C17H22N2O2. The minimum atomic E-state index is -0.315. The fourth-order valence-corrected chi connectivity index (χ4v) is 2.37. The topological polar surface area (TPSA) is 45.5 Å². The van der Waals surface area contributed by atoms with Crippen molar-refractivity contribution in [1.29, 1.82) is 0 Å². The third kappa shape index (κ3) is 3.52. The molecule has 112 valence electrons. The molecule has 21 heavy (non-hydrogen) atoms. The molecule has 0 aliphatic rings. The third-order valence-corrected chi connectivity index (χ3v) is 3.53. The predicted octanol–water partition coefficient (Wildman–Crippen LogP) is 2.28. The Labute approximate surface area is 125 Å². The largest absolute Gasteiger partial charge is 0.503 e. The molecule has 0 fully saturated rings. The number of rotatable bonds is 4. The van der Waals surface area contributed by atoms with Crippen molar-refractivity contribution in [1.82, 2.24) is 9.47 Å². The smallest absolute Gasteiger partial charge is 0.223 e. The minimum absolute atomic E-state index is 0.151. The molecule has 0 atom stereocenters. The van der Waals surface area contributed by atoms with Crippen LogP contribution >= 0.6 is 0 Å². The van der Waals surface area contributed by atoms with E-state index >= 15 is 0 Å². The number of nitrogens with zero attached hydrogens (tertiary/aromatic N) is 2. The molecule has 4 heteroatoms. The van der Waals surface area contributed by atoms with Crippen LogP contribution in [0.3, 0.4) is 0 Å². The van der Waals surface area contributed by atoms with Gasteiger partial charge in [0.15, 0.2) is 5.75 Å². The van der Waals surface area contributed by atoms with Crippen molar-refractivity contribution in [3.05, 3.63) is 63.1 Å². The molecule has 1 aromatic heterocycles. The number of pyridine rings is 1. The van der Waals surface area contributed by atoms with Gasteiger partial charge in [0.1, 0.15) is 0 Å². The maximum absolute atomic E-state index is 11.8. The van der Waals surface area contributed by atoms with Gasteiger partial charge in [0.25, 0.3) is 0 Å². The zero-order valence-electron chi connectivity index (χ0n) is 13.1. The second-order valence-electron chi connectivity index (χ2n) is 5.75. The molecule has 0 saturated heterocycles. The zero-order valence-corrected chi connectivity index (χ0v) is 13.1. The first kappa shape index (κ1) is 15.3. The molecule has 4 nitrogen and oxygen atoms in total.